The second-order valence-electron chi connectivity index (χ2n) is 5.81. The molecular formula is C13H20N6OS2. The lowest BCUT2D eigenvalue weighted by molar-refractivity contribution is -0.113. The first kappa shape index (κ1) is 16.9. The molecule has 0 unspecified atom stereocenters. The minimum absolute atomic E-state index is 0.0174. The van der Waals surface area contributed by atoms with Gasteiger partial charge in [-0.2, -0.15) is 0 Å². The van der Waals surface area contributed by atoms with E-state index >= 15 is 0 Å². The molecule has 0 aliphatic rings. The summed E-state index contributed by atoms with van der Waals surface area (Å²) in [4.78, 5) is 16.4. The summed E-state index contributed by atoms with van der Waals surface area (Å²) in [5, 5.41) is 17.5. The van der Waals surface area contributed by atoms with Crippen LogP contribution in [-0.2, 0) is 16.8 Å². The smallest absolute Gasteiger partial charge is 0.236 e. The minimum atomic E-state index is -0.106. The highest BCUT2D eigenvalue weighted by Crippen LogP contribution is 2.26. The minimum Gasteiger partial charge on any atom is -0.301 e. The zero-order chi connectivity index (χ0) is 16.2. The van der Waals surface area contributed by atoms with Crippen molar-refractivity contribution in [2.24, 2.45) is 0 Å². The summed E-state index contributed by atoms with van der Waals surface area (Å²) in [6, 6.07) is 0. The molecule has 0 bridgehead atoms. The van der Waals surface area contributed by atoms with Crippen LogP contribution in [0.4, 0.5) is 5.13 Å². The number of amides is 1. The van der Waals surface area contributed by atoms with E-state index in [-0.39, 0.29) is 17.1 Å². The summed E-state index contributed by atoms with van der Waals surface area (Å²) in [5.41, 5.74) is 0.962. The van der Waals surface area contributed by atoms with Crippen LogP contribution in [0.25, 0.3) is 0 Å². The van der Waals surface area contributed by atoms with Gasteiger partial charge >= 0.3 is 0 Å². The number of thioether (sulfide) groups is 1. The maximum atomic E-state index is 12.0. The summed E-state index contributed by atoms with van der Waals surface area (Å²) in [5.74, 6) is 0.153. The molecule has 0 saturated heterocycles. The van der Waals surface area contributed by atoms with Crippen LogP contribution in [0.2, 0.25) is 0 Å². The Morgan fingerprint density at radius 1 is 1.45 bits per heavy atom. The van der Waals surface area contributed by atoms with Gasteiger partial charge in [-0.1, -0.05) is 39.5 Å². The highest BCUT2D eigenvalue weighted by Gasteiger charge is 2.18. The molecule has 2 aromatic heterocycles. The Hall–Kier alpha value is -1.48. The Labute approximate surface area is 137 Å². The summed E-state index contributed by atoms with van der Waals surface area (Å²) in [6.45, 7) is 9.08. The Balaban J connectivity index is 1.88. The number of hydrogen-bond donors (Lipinski definition) is 1. The van der Waals surface area contributed by atoms with E-state index in [1.54, 1.807) is 4.68 Å². The van der Waals surface area contributed by atoms with Crippen LogP contribution in [-0.4, -0.2) is 36.9 Å². The zero-order valence-corrected chi connectivity index (χ0v) is 14.8. The fourth-order valence-corrected chi connectivity index (χ4v) is 3.27. The number of carbonyl (C=O) groups is 1. The van der Waals surface area contributed by atoms with Crippen LogP contribution in [0.1, 0.15) is 39.8 Å². The fourth-order valence-electron chi connectivity index (χ4n) is 1.61. The third-order valence-corrected chi connectivity index (χ3v) is 4.50. The molecule has 1 N–H and O–H groups in total. The van der Waals surface area contributed by atoms with Gasteiger partial charge in [0.05, 0.1) is 11.4 Å². The van der Waals surface area contributed by atoms with Crippen molar-refractivity contribution in [3.8, 4) is 0 Å². The molecule has 0 aromatic carbocycles. The second-order valence-corrected chi connectivity index (χ2v) is 7.61. The number of nitrogens with zero attached hydrogens (tertiary/aromatic N) is 5. The molecule has 2 rings (SSSR count). The van der Waals surface area contributed by atoms with E-state index in [0.29, 0.717) is 10.3 Å². The van der Waals surface area contributed by atoms with Crippen molar-refractivity contribution >= 4 is 34.1 Å². The van der Waals surface area contributed by atoms with Gasteiger partial charge in [-0.3, -0.25) is 4.79 Å². The lowest BCUT2D eigenvalue weighted by Crippen LogP contribution is -2.16. The molecule has 7 nitrogen and oxygen atoms in total. The molecule has 0 radical (unpaired) electrons. The molecule has 0 saturated carbocycles. The van der Waals surface area contributed by atoms with Crippen molar-refractivity contribution in [1.82, 2.24) is 25.2 Å². The Kier molecular flexibility index (Phi) is 5.52. The summed E-state index contributed by atoms with van der Waals surface area (Å²) < 4.78 is 1.71. The number of thiazole rings is 1. The number of tetrazole rings is 1. The van der Waals surface area contributed by atoms with E-state index in [1.165, 1.54) is 23.1 Å². The monoisotopic (exact) mass is 340 g/mol. The number of anilines is 1. The number of aromatic nitrogens is 5. The molecule has 0 fully saturated rings. The first-order valence-electron chi connectivity index (χ1n) is 7.05. The Morgan fingerprint density at radius 3 is 2.86 bits per heavy atom. The van der Waals surface area contributed by atoms with E-state index in [2.05, 4.69) is 53.5 Å². The Bertz CT molecular complexity index is 631. The first-order valence-corrected chi connectivity index (χ1v) is 8.91. The van der Waals surface area contributed by atoms with Crippen molar-refractivity contribution in [3.63, 3.8) is 0 Å². The van der Waals surface area contributed by atoms with Gasteiger partial charge in [0.2, 0.25) is 11.1 Å². The Morgan fingerprint density at radius 2 is 2.23 bits per heavy atom. The maximum Gasteiger partial charge on any atom is 0.236 e. The van der Waals surface area contributed by atoms with E-state index < -0.39 is 0 Å². The van der Waals surface area contributed by atoms with Crippen molar-refractivity contribution in [2.45, 2.75) is 51.2 Å². The molecule has 9 heteroatoms. The molecule has 120 valence electrons. The number of aryl methyl sites for hydroxylation is 1. The SMILES string of the molecule is CCCn1nnnc1SCC(=O)Nc1nc(C(C)(C)C)cs1. The fraction of sp³-hybridized carbons (Fsp3) is 0.615. The van der Waals surface area contributed by atoms with Gasteiger partial charge in [-0.15, -0.1) is 16.4 Å². The third kappa shape index (κ3) is 4.51. The topological polar surface area (TPSA) is 85.6 Å². The standard InChI is InChI=1S/C13H20N6OS2/c1-5-6-19-12(16-17-18-19)22-8-10(20)15-11-14-9(7-21-11)13(2,3)4/h7H,5-6,8H2,1-4H3,(H,14,15,20). The molecule has 1 amide bonds. The van der Waals surface area contributed by atoms with Crippen molar-refractivity contribution in [2.75, 3.05) is 11.1 Å². The normalized spacial score (nSPS) is 11.6. The lowest BCUT2D eigenvalue weighted by atomic mass is 9.93. The number of hydrogen-bond acceptors (Lipinski definition) is 7. The predicted molar refractivity (Wildman–Crippen MR) is 88.3 cm³/mol. The van der Waals surface area contributed by atoms with Gasteiger partial charge < -0.3 is 5.32 Å². The van der Waals surface area contributed by atoms with Crippen LogP contribution in [0.5, 0.6) is 0 Å². The van der Waals surface area contributed by atoms with Crippen molar-refractivity contribution in [1.29, 1.82) is 0 Å². The average molecular weight is 340 g/mol. The molecule has 2 aromatic rings. The van der Waals surface area contributed by atoms with Gasteiger partial charge in [-0.05, 0) is 16.8 Å². The van der Waals surface area contributed by atoms with Crippen LogP contribution < -0.4 is 5.32 Å². The molecular weight excluding hydrogens is 320 g/mol. The molecule has 0 aliphatic carbocycles. The van der Waals surface area contributed by atoms with Gasteiger partial charge in [0.15, 0.2) is 5.13 Å². The van der Waals surface area contributed by atoms with Gasteiger partial charge in [-0.25, -0.2) is 9.67 Å². The first-order chi connectivity index (χ1) is 10.4. The number of rotatable bonds is 6. The zero-order valence-electron chi connectivity index (χ0n) is 13.2. The largest absolute Gasteiger partial charge is 0.301 e. The van der Waals surface area contributed by atoms with E-state index in [4.69, 9.17) is 0 Å². The maximum absolute atomic E-state index is 12.0. The molecule has 2 heterocycles. The summed E-state index contributed by atoms with van der Waals surface area (Å²) in [6.07, 6.45) is 0.944. The number of nitrogens with one attached hydrogen (secondary N) is 1. The van der Waals surface area contributed by atoms with Gasteiger partial charge in [0.25, 0.3) is 0 Å². The average Bonchev–Trinajstić information content (AvgIpc) is 3.05. The van der Waals surface area contributed by atoms with Gasteiger partial charge in [0, 0.05) is 17.3 Å². The highest BCUT2D eigenvalue weighted by molar-refractivity contribution is 7.99. The lowest BCUT2D eigenvalue weighted by Gasteiger charge is -2.14. The van der Waals surface area contributed by atoms with E-state index in [0.717, 1.165) is 18.7 Å². The highest BCUT2D eigenvalue weighted by atomic mass is 32.2. The quantitative estimate of drug-likeness (QED) is 0.814. The predicted octanol–water partition coefficient (Wildman–Crippen LogP) is 2.57. The van der Waals surface area contributed by atoms with Crippen LogP contribution in [0, 0.1) is 0 Å². The van der Waals surface area contributed by atoms with E-state index in [1.807, 2.05) is 5.38 Å². The summed E-state index contributed by atoms with van der Waals surface area (Å²) in [7, 11) is 0. The third-order valence-electron chi connectivity index (χ3n) is 2.79. The van der Waals surface area contributed by atoms with Crippen LogP contribution in [0.15, 0.2) is 10.5 Å². The van der Waals surface area contributed by atoms with Crippen LogP contribution in [0.3, 0.4) is 0 Å². The number of carbonyl (C=O) groups excluding carboxylic acids is 1. The second kappa shape index (κ2) is 7.19. The molecule has 0 atom stereocenters. The van der Waals surface area contributed by atoms with Gasteiger partial charge in [0.1, 0.15) is 0 Å². The van der Waals surface area contributed by atoms with Crippen molar-refractivity contribution < 1.29 is 4.79 Å². The molecule has 0 spiro atoms. The summed E-state index contributed by atoms with van der Waals surface area (Å²) >= 11 is 2.77. The van der Waals surface area contributed by atoms with Crippen LogP contribution >= 0.6 is 23.1 Å². The molecule has 22 heavy (non-hydrogen) atoms. The van der Waals surface area contributed by atoms with Crippen molar-refractivity contribution in [3.05, 3.63) is 11.1 Å². The molecule has 0 aliphatic heterocycles. The van der Waals surface area contributed by atoms with E-state index in [9.17, 15) is 4.79 Å².